The third kappa shape index (κ3) is 3.74. The summed E-state index contributed by atoms with van der Waals surface area (Å²) in [6.45, 7) is 1.81. The molecule has 1 unspecified atom stereocenters. The average molecular weight is 234 g/mol. The molecular formula is C14H22N2O. The first-order valence-electron chi connectivity index (χ1n) is 6.79. The molecular weight excluding hydrogens is 212 g/mol. The molecule has 2 fully saturated rings. The Morgan fingerprint density at radius 1 is 1.35 bits per heavy atom. The van der Waals surface area contributed by atoms with E-state index in [0.29, 0.717) is 11.9 Å². The van der Waals surface area contributed by atoms with E-state index in [2.05, 4.69) is 11.2 Å². The Hall–Kier alpha value is -1.01. The number of nitrogens with zero attached hydrogens (tertiary/aromatic N) is 1. The quantitative estimate of drug-likeness (QED) is 0.558. The lowest BCUT2D eigenvalue weighted by atomic mass is 10.0. The SMILES string of the molecule is C#CCCCCN1CCCC(NC2CC2)C1=O. The van der Waals surface area contributed by atoms with Crippen LogP contribution in [0.25, 0.3) is 0 Å². The molecule has 17 heavy (non-hydrogen) atoms. The third-order valence-corrected chi connectivity index (χ3v) is 3.54. The lowest BCUT2D eigenvalue weighted by Crippen LogP contribution is -2.51. The Balaban J connectivity index is 1.73. The third-order valence-electron chi connectivity index (χ3n) is 3.54. The van der Waals surface area contributed by atoms with Gasteiger partial charge in [0.25, 0.3) is 0 Å². The number of nitrogens with one attached hydrogen (secondary N) is 1. The van der Waals surface area contributed by atoms with Gasteiger partial charge in [-0.15, -0.1) is 12.3 Å². The van der Waals surface area contributed by atoms with Gasteiger partial charge in [-0.3, -0.25) is 4.79 Å². The van der Waals surface area contributed by atoms with Crippen LogP contribution in [0.1, 0.15) is 44.9 Å². The zero-order valence-electron chi connectivity index (χ0n) is 10.5. The van der Waals surface area contributed by atoms with Crippen molar-refractivity contribution >= 4 is 5.91 Å². The highest BCUT2D eigenvalue weighted by atomic mass is 16.2. The number of likely N-dealkylation sites (tertiary alicyclic amines) is 1. The number of piperidine rings is 1. The van der Waals surface area contributed by atoms with E-state index in [1.54, 1.807) is 0 Å². The summed E-state index contributed by atoms with van der Waals surface area (Å²) in [7, 11) is 0. The van der Waals surface area contributed by atoms with Gasteiger partial charge in [0.05, 0.1) is 6.04 Å². The van der Waals surface area contributed by atoms with Gasteiger partial charge < -0.3 is 10.2 Å². The first-order valence-corrected chi connectivity index (χ1v) is 6.79. The number of unbranched alkanes of at least 4 members (excludes halogenated alkanes) is 2. The molecule has 0 bridgehead atoms. The molecule has 1 saturated carbocycles. The minimum absolute atomic E-state index is 0.0869. The number of rotatable bonds is 6. The first kappa shape index (κ1) is 12.4. The standard InChI is InChI=1S/C14H22N2O/c1-2-3-4-5-10-16-11-6-7-13(14(16)17)15-12-8-9-12/h1,12-13,15H,3-11H2. The lowest BCUT2D eigenvalue weighted by molar-refractivity contribution is -0.136. The van der Waals surface area contributed by atoms with E-state index in [1.165, 1.54) is 12.8 Å². The van der Waals surface area contributed by atoms with Crippen molar-refractivity contribution in [3.63, 3.8) is 0 Å². The van der Waals surface area contributed by atoms with Crippen LogP contribution in [-0.2, 0) is 4.79 Å². The predicted octanol–water partition coefficient (Wildman–Crippen LogP) is 1.53. The topological polar surface area (TPSA) is 32.3 Å². The summed E-state index contributed by atoms with van der Waals surface area (Å²) in [5.41, 5.74) is 0. The van der Waals surface area contributed by atoms with Crippen LogP contribution in [0.5, 0.6) is 0 Å². The van der Waals surface area contributed by atoms with Gasteiger partial charge in [0.1, 0.15) is 0 Å². The summed E-state index contributed by atoms with van der Waals surface area (Å²) in [5.74, 6) is 2.95. The normalized spacial score (nSPS) is 24.8. The van der Waals surface area contributed by atoms with Gasteiger partial charge in [-0.05, 0) is 38.5 Å². The molecule has 1 N–H and O–H groups in total. The van der Waals surface area contributed by atoms with Crippen molar-refractivity contribution in [3.05, 3.63) is 0 Å². The number of carbonyl (C=O) groups excluding carboxylic acids is 1. The maximum absolute atomic E-state index is 12.2. The molecule has 0 aromatic rings. The molecule has 1 amide bonds. The molecule has 0 radical (unpaired) electrons. The Kier molecular flexibility index (Phi) is 4.44. The monoisotopic (exact) mass is 234 g/mol. The molecule has 0 aromatic heterocycles. The Morgan fingerprint density at radius 3 is 2.88 bits per heavy atom. The minimum Gasteiger partial charge on any atom is -0.341 e. The maximum atomic E-state index is 12.2. The van der Waals surface area contributed by atoms with E-state index in [9.17, 15) is 4.79 Å². The summed E-state index contributed by atoms with van der Waals surface area (Å²) >= 11 is 0. The first-order chi connectivity index (χ1) is 8.31. The van der Waals surface area contributed by atoms with E-state index < -0.39 is 0 Å². The van der Waals surface area contributed by atoms with Crippen molar-refractivity contribution < 1.29 is 4.79 Å². The van der Waals surface area contributed by atoms with Crippen molar-refractivity contribution in [2.24, 2.45) is 0 Å². The molecule has 3 nitrogen and oxygen atoms in total. The zero-order chi connectivity index (χ0) is 12.1. The van der Waals surface area contributed by atoms with E-state index in [4.69, 9.17) is 6.42 Å². The molecule has 1 atom stereocenters. The van der Waals surface area contributed by atoms with Crippen molar-refractivity contribution in [3.8, 4) is 12.3 Å². The van der Waals surface area contributed by atoms with Crippen molar-refractivity contribution in [1.82, 2.24) is 10.2 Å². The average Bonchev–Trinajstić information content (AvgIpc) is 3.13. The highest BCUT2D eigenvalue weighted by Crippen LogP contribution is 2.22. The number of hydrogen-bond acceptors (Lipinski definition) is 2. The molecule has 3 heteroatoms. The summed E-state index contributed by atoms with van der Waals surface area (Å²) in [5, 5.41) is 3.45. The van der Waals surface area contributed by atoms with Crippen LogP contribution in [0.4, 0.5) is 0 Å². The van der Waals surface area contributed by atoms with Crippen LogP contribution >= 0.6 is 0 Å². The van der Waals surface area contributed by atoms with E-state index >= 15 is 0 Å². The zero-order valence-corrected chi connectivity index (χ0v) is 10.5. The highest BCUT2D eigenvalue weighted by Gasteiger charge is 2.32. The van der Waals surface area contributed by atoms with Crippen molar-refractivity contribution in [2.45, 2.75) is 57.0 Å². The van der Waals surface area contributed by atoms with Gasteiger partial charge >= 0.3 is 0 Å². The van der Waals surface area contributed by atoms with E-state index in [0.717, 1.165) is 45.2 Å². The predicted molar refractivity (Wildman–Crippen MR) is 68.4 cm³/mol. The lowest BCUT2D eigenvalue weighted by Gasteiger charge is -2.32. The van der Waals surface area contributed by atoms with Gasteiger partial charge in [0.15, 0.2) is 0 Å². The van der Waals surface area contributed by atoms with Crippen LogP contribution in [0, 0.1) is 12.3 Å². The molecule has 1 aliphatic carbocycles. The summed E-state index contributed by atoms with van der Waals surface area (Å²) < 4.78 is 0. The smallest absolute Gasteiger partial charge is 0.239 e. The van der Waals surface area contributed by atoms with Crippen molar-refractivity contribution in [2.75, 3.05) is 13.1 Å². The molecule has 94 valence electrons. The largest absolute Gasteiger partial charge is 0.341 e. The molecule has 1 heterocycles. The second kappa shape index (κ2) is 6.07. The fourth-order valence-corrected chi connectivity index (χ4v) is 2.38. The number of carbonyl (C=O) groups is 1. The fourth-order valence-electron chi connectivity index (χ4n) is 2.38. The molecule has 0 aromatic carbocycles. The second-order valence-electron chi connectivity index (χ2n) is 5.12. The van der Waals surface area contributed by atoms with Gasteiger partial charge in [0, 0.05) is 25.6 Å². The number of amides is 1. The second-order valence-corrected chi connectivity index (χ2v) is 5.12. The van der Waals surface area contributed by atoms with E-state index in [1.807, 2.05) is 4.90 Å². The minimum atomic E-state index is 0.0869. The van der Waals surface area contributed by atoms with Gasteiger partial charge in [-0.1, -0.05) is 0 Å². The van der Waals surface area contributed by atoms with Crippen LogP contribution in [0.2, 0.25) is 0 Å². The Bertz CT molecular complexity index is 304. The van der Waals surface area contributed by atoms with Crippen molar-refractivity contribution in [1.29, 1.82) is 0 Å². The summed E-state index contributed by atoms with van der Waals surface area (Å²) in [4.78, 5) is 14.2. The molecule has 1 aliphatic heterocycles. The molecule has 2 aliphatic rings. The fraction of sp³-hybridized carbons (Fsp3) is 0.786. The highest BCUT2D eigenvalue weighted by molar-refractivity contribution is 5.82. The molecule has 1 saturated heterocycles. The summed E-state index contributed by atoms with van der Waals surface area (Å²) in [6, 6.07) is 0.703. The van der Waals surface area contributed by atoms with Crippen LogP contribution < -0.4 is 5.32 Å². The van der Waals surface area contributed by atoms with Gasteiger partial charge in [-0.25, -0.2) is 0 Å². The Morgan fingerprint density at radius 2 is 2.18 bits per heavy atom. The number of terminal acetylenes is 1. The summed E-state index contributed by atoms with van der Waals surface area (Å²) in [6.07, 6.45) is 12.7. The van der Waals surface area contributed by atoms with Crippen LogP contribution in [0.3, 0.4) is 0 Å². The molecule has 0 spiro atoms. The van der Waals surface area contributed by atoms with Gasteiger partial charge in [0.2, 0.25) is 5.91 Å². The van der Waals surface area contributed by atoms with Crippen LogP contribution in [0.15, 0.2) is 0 Å². The van der Waals surface area contributed by atoms with Gasteiger partial charge in [-0.2, -0.15) is 0 Å². The van der Waals surface area contributed by atoms with Crippen LogP contribution in [-0.4, -0.2) is 36.0 Å². The van der Waals surface area contributed by atoms with E-state index in [-0.39, 0.29) is 6.04 Å². The number of hydrogen-bond donors (Lipinski definition) is 1. The Labute approximate surface area is 104 Å². The molecule has 2 rings (SSSR count). The maximum Gasteiger partial charge on any atom is 0.239 e.